The van der Waals surface area contributed by atoms with Gasteiger partial charge in [-0.05, 0) is 38.1 Å². The minimum Gasteiger partial charge on any atom is -0.379 e. The van der Waals surface area contributed by atoms with Gasteiger partial charge >= 0.3 is 0 Å². The molecule has 0 spiro atoms. The van der Waals surface area contributed by atoms with Gasteiger partial charge in [-0.25, -0.2) is 0 Å². The Hall–Kier alpha value is -1.24. The smallest absolute Gasteiger partial charge is 0.101 e. The third-order valence-corrected chi connectivity index (χ3v) is 3.22. The number of anilines is 1. The second-order valence-corrected chi connectivity index (χ2v) is 4.83. The summed E-state index contributed by atoms with van der Waals surface area (Å²) in [6, 6.07) is 7.51. The van der Waals surface area contributed by atoms with Gasteiger partial charge in [0.15, 0.2) is 0 Å². The molecule has 16 heavy (non-hydrogen) atoms. The van der Waals surface area contributed by atoms with Gasteiger partial charge in [0, 0.05) is 17.8 Å². The number of halogens is 1. The Bertz CT molecular complexity index is 430. The third-order valence-electron chi connectivity index (χ3n) is 2.90. The first kappa shape index (κ1) is 11.3. The van der Waals surface area contributed by atoms with Crippen molar-refractivity contribution in [2.75, 3.05) is 18.4 Å². The maximum absolute atomic E-state index is 8.78. The highest BCUT2D eigenvalue weighted by Crippen LogP contribution is 2.25. The van der Waals surface area contributed by atoms with Gasteiger partial charge in [0.25, 0.3) is 0 Å². The fourth-order valence-corrected chi connectivity index (χ4v) is 2.18. The van der Waals surface area contributed by atoms with E-state index in [1.54, 1.807) is 6.07 Å². The van der Waals surface area contributed by atoms with Crippen LogP contribution in [0.3, 0.4) is 0 Å². The summed E-state index contributed by atoms with van der Waals surface area (Å²) in [4.78, 5) is 0. The van der Waals surface area contributed by atoms with Crippen molar-refractivity contribution in [1.82, 2.24) is 5.32 Å². The van der Waals surface area contributed by atoms with Crippen molar-refractivity contribution in [1.29, 1.82) is 5.26 Å². The molecule has 0 aliphatic carbocycles. The van der Waals surface area contributed by atoms with Gasteiger partial charge < -0.3 is 10.6 Å². The first-order valence-electron chi connectivity index (χ1n) is 5.31. The monoisotopic (exact) mass is 235 g/mol. The largest absolute Gasteiger partial charge is 0.379 e. The van der Waals surface area contributed by atoms with Crippen LogP contribution in [0.2, 0.25) is 5.02 Å². The number of nitrogens with zero attached hydrogens (tertiary/aromatic N) is 1. The number of nitrogens with one attached hydrogen (secondary N) is 2. The predicted molar refractivity (Wildman–Crippen MR) is 65.7 cm³/mol. The maximum Gasteiger partial charge on any atom is 0.101 e. The van der Waals surface area contributed by atoms with Crippen molar-refractivity contribution in [3.8, 4) is 6.07 Å². The highest BCUT2D eigenvalue weighted by molar-refractivity contribution is 6.32. The molecule has 1 aromatic rings. The fraction of sp³-hybridized carbons (Fsp3) is 0.417. The molecule has 1 unspecified atom stereocenters. The van der Waals surface area contributed by atoms with E-state index in [1.165, 1.54) is 0 Å². The zero-order chi connectivity index (χ0) is 11.6. The molecule has 0 radical (unpaired) electrons. The molecular formula is C12H14ClN3. The Morgan fingerprint density at radius 3 is 2.94 bits per heavy atom. The lowest BCUT2D eigenvalue weighted by Gasteiger charge is -2.26. The summed E-state index contributed by atoms with van der Waals surface area (Å²) in [6.45, 7) is 4.16. The molecule has 1 atom stereocenters. The second kappa shape index (κ2) is 4.32. The maximum atomic E-state index is 8.78. The van der Waals surface area contributed by atoms with Crippen LogP contribution in [0.4, 0.5) is 5.69 Å². The van der Waals surface area contributed by atoms with E-state index in [0.29, 0.717) is 10.6 Å². The Labute approximate surface area is 100 Å². The minimum atomic E-state index is 0.0808. The molecule has 0 amide bonds. The lowest BCUT2D eigenvalue weighted by molar-refractivity contribution is 0.567. The zero-order valence-electron chi connectivity index (χ0n) is 9.18. The van der Waals surface area contributed by atoms with Crippen LogP contribution < -0.4 is 10.6 Å². The molecule has 1 heterocycles. The molecule has 0 saturated carbocycles. The molecular weight excluding hydrogens is 222 g/mol. The van der Waals surface area contributed by atoms with Crippen LogP contribution in [-0.2, 0) is 0 Å². The minimum absolute atomic E-state index is 0.0808. The summed E-state index contributed by atoms with van der Waals surface area (Å²) in [5, 5.41) is 16.1. The average Bonchev–Trinajstić information content (AvgIpc) is 2.65. The second-order valence-electron chi connectivity index (χ2n) is 4.42. The SMILES string of the molecule is CC1(Nc2ccc(C#N)c(Cl)c2)CCNC1. The molecule has 1 fully saturated rings. The molecule has 0 aromatic heterocycles. The summed E-state index contributed by atoms with van der Waals surface area (Å²) < 4.78 is 0. The third kappa shape index (κ3) is 2.29. The van der Waals surface area contributed by atoms with Crippen LogP contribution in [0, 0.1) is 11.3 Å². The molecule has 1 aliphatic rings. The van der Waals surface area contributed by atoms with Gasteiger partial charge in [-0.2, -0.15) is 5.26 Å². The van der Waals surface area contributed by atoms with E-state index in [-0.39, 0.29) is 5.54 Å². The van der Waals surface area contributed by atoms with Crippen LogP contribution in [0.5, 0.6) is 0 Å². The summed E-state index contributed by atoms with van der Waals surface area (Å²) in [7, 11) is 0. The number of hydrogen-bond acceptors (Lipinski definition) is 3. The van der Waals surface area contributed by atoms with Gasteiger partial charge in [-0.3, -0.25) is 0 Å². The van der Waals surface area contributed by atoms with E-state index in [0.717, 1.165) is 25.2 Å². The normalized spacial score (nSPS) is 24.1. The van der Waals surface area contributed by atoms with Gasteiger partial charge in [-0.15, -0.1) is 0 Å². The highest BCUT2D eigenvalue weighted by Gasteiger charge is 2.27. The first-order valence-corrected chi connectivity index (χ1v) is 5.69. The lowest BCUT2D eigenvalue weighted by Crippen LogP contribution is -2.36. The standard InChI is InChI=1S/C12H14ClN3/c1-12(4-5-15-8-12)16-10-3-2-9(7-14)11(13)6-10/h2-3,6,15-16H,4-5,8H2,1H3. The quantitative estimate of drug-likeness (QED) is 0.828. The van der Waals surface area contributed by atoms with Crippen molar-refractivity contribution >= 4 is 17.3 Å². The molecule has 2 rings (SSSR count). The molecule has 1 aliphatic heterocycles. The number of rotatable bonds is 2. The summed E-state index contributed by atoms with van der Waals surface area (Å²) >= 11 is 5.98. The molecule has 2 N–H and O–H groups in total. The van der Waals surface area contributed by atoms with Gasteiger partial charge in [-0.1, -0.05) is 11.6 Å². The van der Waals surface area contributed by atoms with Crippen molar-refractivity contribution in [2.45, 2.75) is 18.9 Å². The van der Waals surface area contributed by atoms with E-state index in [4.69, 9.17) is 16.9 Å². The van der Waals surface area contributed by atoms with Crippen LogP contribution in [0.25, 0.3) is 0 Å². The summed E-state index contributed by atoms with van der Waals surface area (Å²) in [6.07, 6.45) is 1.09. The number of hydrogen-bond donors (Lipinski definition) is 2. The van der Waals surface area contributed by atoms with Crippen LogP contribution in [0.15, 0.2) is 18.2 Å². The Morgan fingerprint density at radius 2 is 2.38 bits per heavy atom. The van der Waals surface area contributed by atoms with Crippen molar-refractivity contribution in [3.63, 3.8) is 0 Å². The van der Waals surface area contributed by atoms with Crippen molar-refractivity contribution in [3.05, 3.63) is 28.8 Å². The first-order chi connectivity index (χ1) is 7.63. The van der Waals surface area contributed by atoms with Crippen LogP contribution in [0.1, 0.15) is 18.9 Å². The van der Waals surface area contributed by atoms with E-state index in [2.05, 4.69) is 23.6 Å². The highest BCUT2D eigenvalue weighted by atomic mass is 35.5. The predicted octanol–water partition coefficient (Wildman–Crippen LogP) is 2.38. The van der Waals surface area contributed by atoms with E-state index in [1.807, 2.05) is 12.1 Å². The topological polar surface area (TPSA) is 47.9 Å². The van der Waals surface area contributed by atoms with Gasteiger partial charge in [0.2, 0.25) is 0 Å². The fourth-order valence-electron chi connectivity index (χ4n) is 1.96. The molecule has 1 saturated heterocycles. The number of nitriles is 1. The molecule has 3 nitrogen and oxygen atoms in total. The van der Waals surface area contributed by atoms with Crippen molar-refractivity contribution < 1.29 is 0 Å². The molecule has 1 aromatic carbocycles. The van der Waals surface area contributed by atoms with E-state index in [9.17, 15) is 0 Å². The summed E-state index contributed by atoms with van der Waals surface area (Å²) in [5.41, 5.74) is 1.56. The Balaban J connectivity index is 2.16. The molecule has 0 bridgehead atoms. The van der Waals surface area contributed by atoms with E-state index < -0.39 is 0 Å². The zero-order valence-corrected chi connectivity index (χ0v) is 9.93. The Kier molecular flexibility index (Phi) is 3.04. The molecule has 84 valence electrons. The number of benzene rings is 1. The van der Waals surface area contributed by atoms with Gasteiger partial charge in [0.05, 0.1) is 10.6 Å². The molecule has 4 heteroatoms. The average molecular weight is 236 g/mol. The van der Waals surface area contributed by atoms with E-state index >= 15 is 0 Å². The van der Waals surface area contributed by atoms with Crippen LogP contribution in [-0.4, -0.2) is 18.6 Å². The lowest BCUT2D eigenvalue weighted by atomic mass is 10.0. The summed E-state index contributed by atoms with van der Waals surface area (Å²) in [5.74, 6) is 0. The van der Waals surface area contributed by atoms with Crippen molar-refractivity contribution in [2.24, 2.45) is 0 Å². The van der Waals surface area contributed by atoms with Gasteiger partial charge in [0.1, 0.15) is 6.07 Å². The van der Waals surface area contributed by atoms with Crippen LogP contribution >= 0.6 is 11.6 Å². The Morgan fingerprint density at radius 1 is 1.56 bits per heavy atom.